The zero-order valence-corrected chi connectivity index (χ0v) is 11.9. The Labute approximate surface area is 124 Å². The molecule has 1 aromatic carbocycles. The van der Waals surface area contributed by atoms with Crippen LogP contribution in [0.4, 0.5) is 0 Å². The van der Waals surface area contributed by atoms with Gasteiger partial charge in [0.1, 0.15) is 0 Å². The van der Waals surface area contributed by atoms with Crippen LogP contribution in [0.2, 0.25) is 0 Å². The number of benzene rings is 1. The van der Waals surface area contributed by atoms with Gasteiger partial charge in [-0.05, 0) is 12.0 Å². The number of hydrogen-bond donors (Lipinski definition) is 3. The van der Waals surface area contributed by atoms with Crippen molar-refractivity contribution < 1.29 is 4.79 Å². The molecule has 0 radical (unpaired) electrons. The smallest absolute Gasteiger partial charge is 0.342 e. The van der Waals surface area contributed by atoms with Crippen molar-refractivity contribution in [3.05, 3.63) is 56.7 Å². The standard InChI is InChI=1S/C13H14N4O3S/c18-10(14-7-6-9-4-2-1-3-5-9)8-21-12-11(19)15-13(20)17-16-12/h1-5H,6-8H2,(H,14,18)(H2,15,17,19,20). The summed E-state index contributed by atoms with van der Waals surface area (Å²) in [6.07, 6.45) is 0.745. The lowest BCUT2D eigenvalue weighted by atomic mass is 10.1. The number of carbonyl (C=O) groups is 1. The van der Waals surface area contributed by atoms with Crippen molar-refractivity contribution in [2.45, 2.75) is 11.4 Å². The summed E-state index contributed by atoms with van der Waals surface area (Å²) >= 11 is 0.973. The second-order valence-corrected chi connectivity index (χ2v) is 5.15. The third kappa shape index (κ3) is 4.92. The summed E-state index contributed by atoms with van der Waals surface area (Å²) in [6, 6.07) is 9.81. The Morgan fingerprint density at radius 2 is 2.00 bits per heavy atom. The average Bonchev–Trinajstić information content (AvgIpc) is 2.47. The maximum atomic E-state index is 11.6. The molecule has 8 heteroatoms. The van der Waals surface area contributed by atoms with E-state index in [4.69, 9.17) is 0 Å². The number of hydrogen-bond acceptors (Lipinski definition) is 5. The molecule has 110 valence electrons. The van der Waals surface area contributed by atoms with E-state index in [0.717, 1.165) is 23.7 Å². The fourth-order valence-corrected chi connectivity index (χ4v) is 2.27. The number of aromatic nitrogens is 3. The molecule has 0 saturated heterocycles. The fourth-order valence-electron chi connectivity index (χ4n) is 1.61. The number of nitrogens with one attached hydrogen (secondary N) is 3. The normalized spacial score (nSPS) is 10.3. The summed E-state index contributed by atoms with van der Waals surface area (Å²) in [5, 5.41) is 8.52. The van der Waals surface area contributed by atoms with E-state index in [9.17, 15) is 14.4 Å². The van der Waals surface area contributed by atoms with Gasteiger partial charge in [0.15, 0.2) is 5.03 Å². The summed E-state index contributed by atoms with van der Waals surface area (Å²) in [5.74, 6) is -0.125. The molecular formula is C13H14N4O3S. The van der Waals surface area contributed by atoms with Crippen LogP contribution in [0.3, 0.4) is 0 Å². The lowest BCUT2D eigenvalue weighted by molar-refractivity contribution is -0.118. The first-order valence-corrected chi connectivity index (χ1v) is 7.26. The zero-order valence-electron chi connectivity index (χ0n) is 11.1. The number of nitrogens with zero attached hydrogens (tertiary/aromatic N) is 1. The van der Waals surface area contributed by atoms with Gasteiger partial charge in [-0.1, -0.05) is 42.1 Å². The molecule has 0 bridgehead atoms. The topological polar surface area (TPSA) is 108 Å². The van der Waals surface area contributed by atoms with Crippen molar-refractivity contribution in [3.8, 4) is 0 Å². The van der Waals surface area contributed by atoms with Gasteiger partial charge in [0.25, 0.3) is 5.56 Å². The zero-order chi connectivity index (χ0) is 15.1. The minimum absolute atomic E-state index is 0.0628. The molecule has 1 heterocycles. The molecule has 0 aliphatic rings. The van der Waals surface area contributed by atoms with Gasteiger partial charge in [-0.2, -0.15) is 5.10 Å². The van der Waals surface area contributed by atoms with E-state index >= 15 is 0 Å². The Hall–Kier alpha value is -2.35. The predicted molar refractivity (Wildman–Crippen MR) is 79.4 cm³/mol. The minimum atomic E-state index is -0.670. The van der Waals surface area contributed by atoms with Crippen molar-refractivity contribution in [2.24, 2.45) is 0 Å². The number of carbonyl (C=O) groups excluding carboxylic acids is 1. The van der Waals surface area contributed by atoms with Crippen molar-refractivity contribution in [1.29, 1.82) is 0 Å². The van der Waals surface area contributed by atoms with Crippen molar-refractivity contribution in [2.75, 3.05) is 12.3 Å². The first-order valence-electron chi connectivity index (χ1n) is 6.27. The van der Waals surface area contributed by atoms with Gasteiger partial charge in [0, 0.05) is 6.54 Å². The van der Waals surface area contributed by atoms with Crippen LogP contribution in [-0.4, -0.2) is 33.4 Å². The summed E-state index contributed by atoms with van der Waals surface area (Å²) < 4.78 is 0. The highest BCUT2D eigenvalue weighted by molar-refractivity contribution is 7.99. The highest BCUT2D eigenvalue weighted by Crippen LogP contribution is 2.07. The third-order valence-electron chi connectivity index (χ3n) is 2.60. The van der Waals surface area contributed by atoms with Crippen molar-refractivity contribution in [3.63, 3.8) is 0 Å². The van der Waals surface area contributed by atoms with Crippen LogP contribution in [0.1, 0.15) is 5.56 Å². The minimum Gasteiger partial charge on any atom is -0.355 e. The summed E-state index contributed by atoms with van der Waals surface area (Å²) in [6.45, 7) is 0.527. The van der Waals surface area contributed by atoms with Crippen LogP contribution >= 0.6 is 11.8 Å². The van der Waals surface area contributed by atoms with E-state index in [-0.39, 0.29) is 16.7 Å². The Balaban J connectivity index is 1.75. The predicted octanol–water partition coefficient (Wildman–Crippen LogP) is -0.0908. The number of rotatable bonds is 6. The van der Waals surface area contributed by atoms with Crippen LogP contribution < -0.4 is 16.6 Å². The molecule has 0 atom stereocenters. The Morgan fingerprint density at radius 1 is 1.24 bits per heavy atom. The quantitative estimate of drug-likeness (QED) is 0.646. The molecule has 2 aromatic rings. The number of thioether (sulfide) groups is 1. The van der Waals surface area contributed by atoms with Crippen LogP contribution in [0.25, 0.3) is 0 Å². The van der Waals surface area contributed by atoms with Crippen LogP contribution in [0, 0.1) is 0 Å². The van der Waals surface area contributed by atoms with Crippen molar-refractivity contribution >= 4 is 17.7 Å². The van der Waals surface area contributed by atoms with E-state index in [2.05, 4.69) is 15.5 Å². The van der Waals surface area contributed by atoms with E-state index in [1.807, 2.05) is 35.3 Å². The Morgan fingerprint density at radius 3 is 2.71 bits per heavy atom. The van der Waals surface area contributed by atoms with Crippen LogP contribution in [-0.2, 0) is 11.2 Å². The molecule has 0 aliphatic carbocycles. The Bertz CT molecular complexity index is 711. The Kier molecular flexibility index (Phi) is 5.33. The number of amides is 1. The SMILES string of the molecule is O=C(CSc1n[nH]c(=O)[nH]c1=O)NCCc1ccccc1. The lowest BCUT2D eigenvalue weighted by Gasteiger charge is -2.04. The highest BCUT2D eigenvalue weighted by Gasteiger charge is 2.07. The molecule has 3 N–H and O–H groups in total. The summed E-state index contributed by atoms with van der Waals surface area (Å²) in [5.41, 5.74) is -0.123. The van der Waals surface area contributed by atoms with Crippen LogP contribution in [0.15, 0.2) is 44.9 Å². The van der Waals surface area contributed by atoms with Gasteiger partial charge in [-0.3, -0.25) is 14.6 Å². The summed E-state index contributed by atoms with van der Waals surface area (Å²) in [4.78, 5) is 35.8. The number of aromatic amines is 2. The summed E-state index contributed by atoms with van der Waals surface area (Å²) in [7, 11) is 0. The molecule has 1 amide bonds. The average molecular weight is 306 g/mol. The maximum absolute atomic E-state index is 11.6. The van der Waals surface area contributed by atoms with Gasteiger partial charge in [0.2, 0.25) is 5.91 Å². The molecule has 0 aliphatic heterocycles. The largest absolute Gasteiger partial charge is 0.355 e. The van der Waals surface area contributed by atoms with Gasteiger partial charge in [0.05, 0.1) is 5.75 Å². The van der Waals surface area contributed by atoms with Gasteiger partial charge < -0.3 is 5.32 Å². The van der Waals surface area contributed by atoms with E-state index in [0.29, 0.717) is 6.54 Å². The molecular weight excluding hydrogens is 292 g/mol. The second kappa shape index (κ2) is 7.44. The molecule has 0 unspecified atom stereocenters. The highest BCUT2D eigenvalue weighted by atomic mass is 32.2. The second-order valence-electron chi connectivity index (χ2n) is 4.19. The molecule has 0 fully saturated rings. The molecule has 7 nitrogen and oxygen atoms in total. The first-order chi connectivity index (χ1) is 10.1. The molecule has 0 spiro atoms. The fraction of sp³-hybridized carbons (Fsp3) is 0.231. The monoisotopic (exact) mass is 306 g/mol. The third-order valence-corrected chi connectivity index (χ3v) is 3.56. The van der Waals surface area contributed by atoms with E-state index < -0.39 is 11.2 Å². The van der Waals surface area contributed by atoms with Gasteiger partial charge in [-0.25, -0.2) is 9.89 Å². The van der Waals surface area contributed by atoms with Gasteiger partial charge >= 0.3 is 5.69 Å². The maximum Gasteiger partial charge on any atom is 0.342 e. The molecule has 0 saturated carbocycles. The van der Waals surface area contributed by atoms with Gasteiger partial charge in [-0.15, -0.1) is 0 Å². The van der Waals surface area contributed by atoms with Crippen molar-refractivity contribution in [1.82, 2.24) is 20.5 Å². The first kappa shape index (κ1) is 15.0. The van der Waals surface area contributed by atoms with Crippen LogP contribution in [0.5, 0.6) is 0 Å². The number of H-pyrrole nitrogens is 2. The molecule has 1 aromatic heterocycles. The molecule has 2 rings (SSSR count). The molecule has 21 heavy (non-hydrogen) atoms. The van der Waals surface area contributed by atoms with E-state index in [1.165, 1.54) is 0 Å². The van der Waals surface area contributed by atoms with E-state index in [1.54, 1.807) is 0 Å². The lowest BCUT2D eigenvalue weighted by Crippen LogP contribution is -2.29.